The summed E-state index contributed by atoms with van der Waals surface area (Å²) in [6, 6.07) is 7.74. The van der Waals surface area contributed by atoms with Crippen LogP contribution in [0, 0.1) is 5.41 Å². The molecule has 16 heavy (non-hydrogen) atoms. The summed E-state index contributed by atoms with van der Waals surface area (Å²) in [6.45, 7) is 0. The molecule has 2 aromatic rings. The zero-order valence-corrected chi connectivity index (χ0v) is 8.77. The van der Waals surface area contributed by atoms with E-state index in [0.29, 0.717) is 6.42 Å². The van der Waals surface area contributed by atoms with E-state index in [4.69, 9.17) is 9.52 Å². The molecule has 82 valence electrons. The summed E-state index contributed by atoms with van der Waals surface area (Å²) in [4.78, 5) is 11.1. The van der Waals surface area contributed by atoms with E-state index in [2.05, 4.69) is 0 Å². The van der Waals surface area contributed by atoms with Gasteiger partial charge in [0.1, 0.15) is 5.58 Å². The molecule has 1 aliphatic rings. The van der Waals surface area contributed by atoms with Gasteiger partial charge < -0.3 is 9.52 Å². The quantitative estimate of drug-likeness (QED) is 0.858. The Bertz CT molecular complexity index is 549. The molecule has 0 radical (unpaired) electrons. The number of aliphatic carboxylic acids is 1. The number of hydrogen-bond acceptors (Lipinski definition) is 2. The summed E-state index contributed by atoms with van der Waals surface area (Å²) >= 11 is 0. The van der Waals surface area contributed by atoms with Gasteiger partial charge in [-0.25, -0.2) is 0 Å². The predicted octanol–water partition coefficient (Wildman–Crippen LogP) is 2.84. The molecule has 3 heteroatoms. The van der Waals surface area contributed by atoms with Gasteiger partial charge in [0.05, 0.1) is 11.7 Å². The summed E-state index contributed by atoms with van der Waals surface area (Å²) in [6.07, 6.45) is 3.83. The first-order valence-electron chi connectivity index (χ1n) is 5.40. The van der Waals surface area contributed by atoms with Gasteiger partial charge in [0.2, 0.25) is 0 Å². The van der Waals surface area contributed by atoms with Gasteiger partial charge in [-0.1, -0.05) is 18.2 Å². The van der Waals surface area contributed by atoms with Gasteiger partial charge in [0, 0.05) is 5.39 Å². The maximum absolute atomic E-state index is 11.1. The number of benzene rings is 1. The van der Waals surface area contributed by atoms with Gasteiger partial charge in [-0.3, -0.25) is 4.79 Å². The van der Waals surface area contributed by atoms with E-state index in [1.807, 2.05) is 24.3 Å². The van der Waals surface area contributed by atoms with E-state index < -0.39 is 11.4 Å². The highest BCUT2D eigenvalue weighted by Crippen LogP contribution is 2.49. The van der Waals surface area contributed by atoms with Crippen molar-refractivity contribution in [1.29, 1.82) is 0 Å². The Morgan fingerprint density at radius 1 is 1.38 bits per heavy atom. The second-order valence-electron chi connectivity index (χ2n) is 4.52. The summed E-state index contributed by atoms with van der Waals surface area (Å²) in [7, 11) is 0. The minimum absolute atomic E-state index is 0.521. The normalized spacial score (nSPS) is 17.5. The average Bonchev–Trinajstić information content (AvgIpc) is 2.96. The number of carboxylic acids is 1. The maximum atomic E-state index is 11.1. The predicted molar refractivity (Wildman–Crippen MR) is 59.2 cm³/mol. The second kappa shape index (κ2) is 3.11. The smallest absolute Gasteiger partial charge is 0.309 e. The third-order valence-electron chi connectivity index (χ3n) is 3.40. The van der Waals surface area contributed by atoms with Crippen molar-refractivity contribution < 1.29 is 14.3 Å². The highest BCUT2D eigenvalue weighted by atomic mass is 16.4. The molecular formula is C13H12O3. The van der Waals surface area contributed by atoms with E-state index >= 15 is 0 Å². The first kappa shape index (κ1) is 9.46. The van der Waals surface area contributed by atoms with Crippen molar-refractivity contribution in [2.24, 2.45) is 5.41 Å². The summed E-state index contributed by atoms with van der Waals surface area (Å²) in [5, 5.41) is 10.2. The number of rotatable bonds is 3. The van der Waals surface area contributed by atoms with Crippen LogP contribution in [0.3, 0.4) is 0 Å². The van der Waals surface area contributed by atoms with Crippen LogP contribution >= 0.6 is 0 Å². The van der Waals surface area contributed by atoms with Crippen LogP contribution < -0.4 is 0 Å². The Balaban J connectivity index is 1.98. The molecule has 1 fully saturated rings. The Morgan fingerprint density at radius 2 is 2.12 bits per heavy atom. The van der Waals surface area contributed by atoms with Gasteiger partial charge in [0.25, 0.3) is 0 Å². The molecule has 0 spiro atoms. The summed E-state index contributed by atoms with van der Waals surface area (Å²) in [5.41, 5.74) is 1.32. The molecule has 1 heterocycles. The first-order valence-corrected chi connectivity index (χ1v) is 5.40. The number of hydrogen-bond donors (Lipinski definition) is 1. The highest BCUT2D eigenvalue weighted by Gasteiger charge is 2.50. The third-order valence-corrected chi connectivity index (χ3v) is 3.40. The molecule has 1 aromatic carbocycles. The number of para-hydroxylation sites is 1. The molecule has 0 amide bonds. The molecular weight excluding hydrogens is 204 g/mol. The highest BCUT2D eigenvalue weighted by molar-refractivity contribution is 5.83. The van der Waals surface area contributed by atoms with Crippen LogP contribution in [0.25, 0.3) is 11.0 Å². The Morgan fingerprint density at radius 3 is 2.81 bits per heavy atom. The monoisotopic (exact) mass is 216 g/mol. The van der Waals surface area contributed by atoms with Crippen molar-refractivity contribution in [3.8, 4) is 0 Å². The zero-order chi connectivity index (χ0) is 11.2. The van der Waals surface area contributed by atoms with Crippen LogP contribution in [0.5, 0.6) is 0 Å². The summed E-state index contributed by atoms with van der Waals surface area (Å²) in [5.74, 6) is -0.683. The minimum atomic E-state index is -0.683. The van der Waals surface area contributed by atoms with Crippen molar-refractivity contribution in [3.63, 3.8) is 0 Å². The Hall–Kier alpha value is -1.77. The molecule has 1 N–H and O–H groups in total. The van der Waals surface area contributed by atoms with Crippen molar-refractivity contribution >= 4 is 16.9 Å². The molecule has 0 saturated heterocycles. The van der Waals surface area contributed by atoms with Crippen LogP contribution in [0.4, 0.5) is 0 Å². The maximum Gasteiger partial charge on any atom is 0.309 e. The van der Waals surface area contributed by atoms with E-state index in [9.17, 15) is 4.79 Å². The van der Waals surface area contributed by atoms with E-state index in [1.54, 1.807) is 6.26 Å². The molecule has 0 atom stereocenters. The lowest BCUT2D eigenvalue weighted by Gasteiger charge is -2.07. The van der Waals surface area contributed by atoms with Gasteiger partial charge >= 0.3 is 5.97 Å². The largest absolute Gasteiger partial charge is 0.481 e. The van der Waals surface area contributed by atoms with Crippen LogP contribution in [-0.2, 0) is 11.2 Å². The SMILES string of the molecule is O=C(O)C1(Cc2coc3ccccc23)CC1. The lowest BCUT2D eigenvalue weighted by Crippen LogP contribution is -2.17. The van der Waals surface area contributed by atoms with Crippen LogP contribution in [0.2, 0.25) is 0 Å². The molecule has 1 saturated carbocycles. The molecule has 0 unspecified atom stereocenters. The van der Waals surface area contributed by atoms with E-state index in [0.717, 1.165) is 29.4 Å². The van der Waals surface area contributed by atoms with Gasteiger partial charge in [-0.15, -0.1) is 0 Å². The zero-order valence-electron chi connectivity index (χ0n) is 8.77. The van der Waals surface area contributed by atoms with Crippen molar-refractivity contribution in [2.75, 3.05) is 0 Å². The van der Waals surface area contributed by atoms with Gasteiger partial charge in [-0.2, -0.15) is 0 Å². The fourth-order valence-corrected chi connectivity index (χ4v) is 2.15. The molecule has 1 aromatic heterocycles. The number of furan rings is 1. The van der Waals surface area contributed by atoms with Crippen LogP contribution in [-0.4, -0.2) is 11.1 Å². The lowest BCUT2D eigenvalue weighted by molar-refractivity contribution is -0.143. The number of carbonyl (C=O) groups is 1. The molecule has 3 nitrogen and oxygen atoms in total. The standard InChI is InChI=1S/C13H12O3/c14-12(15)13(5-6-13)7-9-8-16-11-4-2-1-3-10(9)11/h1-4,8H,5-7H2,(H,14,15). The summed E-state index contributed by atoms with van der Waals surface area (Å²) < 4.78 is 5.41. The fraction of sp³-hybridized carbons (Fsp3) is 0.308. The van der Waals surface area contributed by atoms with Crippen LogP contribution in [0.15, 0.2) is 34.9 Å². The Labute approximate surface area is 92.7 Å². The third kappa shape index (κ3) is 1.32. The fourth-order valence-electron chi connectivity index (χ4n) is 2.15. The second-order valence-corrected chi connectivity index (χ2v) is 4.52. The van der Waals surface area contributed by atoms with Crippen molar-refractivity contribution in [1.82, 2.24) is 0 Å². The minimum Gasteiger partial charge on any atom is -0.481 e. The first-order chi connectivity index (χ1) is 7.71. The van der Waals surface area contributed by atoms with Gasteiger partial charge in [0.15, 0.2) is 0 Å². The average molecular weight is 216 g/mol. The topological polar surface area (TPSA) is 50.4 Å². The van der Waals surface area contributed by atoms with E-state index in [1.165, 1.54) is 0 Å². The number of fused-ring (bicyclic) bond motifs is 1. The van der Waals surface area contributed by atoms with Gasteiger partial charge in [-0.05, 0) is 30.9 Å². The molecule has 0 bridgehead atoms. The lowest BCUT2D eigenvalue weighted by atomic mass is 9.96. The van der Waals surface area contributed by atoms with E-state index in [-0.39, 0.29) is 0 Å². The Kier molecular flexibility index (Phi) is 1.84. The molecule has 3 rings (SSSR count). The molecule has 1 aliphatic carbocycles. The van der Waals surface area contributed by atoms with Crippen LogP contribution in [0.1, 0.15) is 18.4 Å². The number of carboxylic acid groups (broad SMARTS) is 1. The van der Waals surface area contributed by atoms with Crippen molar-refractivity contribution in [2.45, 2.75) is 19.3 Å². The van der Waals surface area contributed by atoms with Crippen molar-refractivity contribution in [3.05, 3.63) is 36.1 Å². The molecule has 0 aliphatic heterocycles.